The van der Waals surface area contributed by atoms with Gasteiger partial charge in [0.05, 0.1) is 39.6 Å². The molecule has 0 fully saturated rings. The zero-order chi connectivity index (χ0) is 21.7. The van der Waals surface area contributed by atoms with Crippen molar-refractivity contribution in [1.82, 2.24) is 14.7 Å². The van der Waals surface area contributed by atoms with Crippen molar-refractivity contribution in [3.05, 3.63) is 70.5 Å². The Hall–Kier alpha value is -3.19. The highest BCUT2D eigenvalue weighted by atomic mass is 35.5. The van der Waals surface area contributed by atoms with Gasteiger partial charge in [-0.1, -0.05) is 29.8 Å². The molecule has 7 nitrogen and oxygen atoms in total. The summed E-state index contributed by atoms with van der Waals surface area (Å²) in [6.45, 7) is 0.818. The van der Waals surface area contributed by atoms with Gasteiger partial charge in [0.2, 0.25) is 5.75 Å². The highest BCUT2D eigenvalue weighted by Gasteiger charge is 2.20. The maximum atomic E-state index is 12.9. The van der Waals surface area contributed by atoms with Crippen molar-refractivity contribution >= 4 is 17.5 Å². The van der Waals surface area contributed by atoms with E-state index in [-0.39, 0.29) is 5.91 Å². The van der Waals surface area contributed by atoms with Crippen LogP contribution in [0.15, 0.2) is 48.8 Å². The lowest BCUT2D eigenvalue weighted by Crippen LogP contribution is -2.26. The van der Waals surface area contributed by atoms with Gasteiger partial charge >= 0.3 is 0 Å². The standard InChI is InChI=1S/C22H24ClN3O4/c1-25(12-16-9-10-19(28-2)21(30-4)20(16)29-3)22(27)17-11-24-26(14-17)13-15-7-5-6-8-18(15)23/h5-11,14H,12-13H2,1-4H3. The number of amides is 1. The largest absolute Gasteiger partial charge is 0.493 e. The van der Waals surface area contributed by atoms with E-state index in [1.165, 1.54) is 0 Å². The molecule has 3 rings (SSSR count). The van der Waals surface area contributed by atoms with Crippen LogP contribution in [0.5, 0.6) is 17.2 Å². The summed E-state index contributed by atoms with van der Waals surface area (Å²) in [6, 6.07) is 11.2. The lowest BCUT2D eigenvalue weighted by molar-refractivity contribution is 0.0784. The molecule has 0 radical (unpaired) electrons. The first-order valence-electron chi connectivity index (χ1n) is 9.27. The second kappa shape index (κ2) is 9.54. The monoisotopic (exact) mass is 429 g/mol. The van der Waals surface area contributed by atoms with Crippen molar-refractivity contribution in [3.8, 4) is 17.2 Å². The Morgan fingerprint density at radius 1 is 1.03 bits per heavy atom. The minimum Gasteiger partial charge on any atom is -0.493 e. The quantitative estimate of drug-likeness (QED) is 0.543. The molecule has 0 aliphatic carbocycles. The van der Waals surface area contributed by atoms with Crippen LogP contribution in [0.25, 0.3) is 0 Å². The van der Waals surface area contributed by atoms with Crippen LogP contribution in [0.3, 0.4) is 0 Å². The van der Waals surface area contributed by atoms with Crippen LogP contribution >= 0.6 is 11.6 Å². The second-order valence-corrected chi connectivity index (χ2v) is 7.08. The van der Waals surface area contributed by atoms with Crippen LogP contribution in [-0.2, 0) is 13.1 Å². The summed E-state index contributed by atoms with van der Waals surface area (Å²) in [5.74, 6) is 1.43. The van der Waals surface area contributed by atoms with Crippen LogP contribution < -0.4 is 14.2 Å². The zero-order valence-corrected chi connectivity index (χ0v) is 18.1. The van der Waals surface area contributed by atoms with Crippen LogP contribution in [-0.4, -0.2) is 49.0 Å². The molecule has 0 unspecified atom stereocenters. The second-order valence-electron chi connectivity index (χ2n) is 6.67. The van der Waals surface area contributed by atoms with Gasteiger partial charge in [0.15, 0.2) is 11.5 Å². The van der Waals surface area contributed by atoms with Gasteiger partial charge in [0, 0.05) is 30.4 Å². The topological polar surface area (TPSA) is 65.8 Å². The number of halogens is 1. The van der Waals surface area contributed by atoms with Gasteiger partial charge in [0.1, 0.15) is 0 Å². The summed E-state index contributed by atoms with van der Waals surface area (Å²) < 4.78 is 17.9. The summed E-state index contributed by atoms with van der Waals surface area (Å²) in [5.41, 5.74) is 2.23. The van der Waals surface area contributed by atoms with Gasteiger partial charge in [-0.2, -0.15) is 5.10 Å². The molecule has 0 atom stereocenters. The molecule has 158 valence electrons. The number of aromatic nitrogens is 2. The Bertz CT molecular complexity index is 1030. The Kier molecular flexibility index (Phi) is 6.84. The van der Waals surface area contributed by atoms with Crippen LogP contribution in [0.4, 0.5) is 0 Å². The summed E-state index contributed by atoms with van der Waals surface area (Å²) >= 11 is 6.21. The van der Waals surface area contributed by atoms with E-state index in [1.807, 2.05) is 30.3 Å². The summed E-state index contributed by atoms with van der Waals surface area (Å²) in [7, 11) is 6.39. The van der Waals surface area contributed by atoms with Gasteiger partial charge in [-0.15, -0.1) is 0 Å². The first-order valence-corrected chi connectivity index (χ1v) is 9.65. The third kappa shape index (κ3) is 4.52. The highest BCUT2D eigenvalue weighted by Crippen LogP contribution is 2.40. The van der Waals surface area contributed by atoms with Crippen molar-refractivity contribution in [2.24, 2.45) is 0 Å². The fourth-order valence-electron chi connectivity index (χ4n) is 3.20. The van der Waals surface area contributed by atoms with Crippen molar-refractivity contribution in [3.63, 3.8) is 0 Å². The molecular formula is C22H24ClN3O4. The Morgan fingerprint density at radius 3 is 2.43 bits per heavy atom. The van der Waals surface area contributed by atoms with E-state index in [4.69, 9.17) is 25.8 Å². The molecule has 0 bridgehead atoms. The van der Waals surface area contributed by atoms with E-state index in [0.29, 0.717) is 40.9 Å². The number of methoxy groups -OCH3 is 3. The maximum Gasteiger partial charge on any atom is 0.257 e. The third-order valence-electron chi connectivity index (χ3n) is 4.71. The minimum atomic E-state index is -0.155. The summed E-state index contributed by atoms with van der Waals surface area (Å²) in [4.78, 5) is 14.5. The van der Waals surface area contributed by atoms with E-state index in [0.717, 1.165) is 11.1 Å². The summed E-state index contributed by atoms with van der Waals surface area (Å²) in [6.07, 6.45) is 3.27. The number of carbonyl (C=O) groups is 1. The van der Waals surface area contributed by atoms with Gasteiger partial charge in [-0.25, -0.2) is 0 Å². The number of hydrogen-bond donors (Lipinski definition) is 0. The summed E-state index contributed by atoms with van der Waals surface area (Å²) in [5, 5.41) is 4.96. The van der Waals surface area contributed by atoms with Crippen LogP contribution in [0, 0.1) is 0 Å². The first-order chi connectivity index (χ1) is 14.5. The molecule has 1 aromatic heterocycles. The molecule has 0 aliphatic rings. The smallest absolute Gasteiger partial charge is 0.257 e. The molecule has 0 aliphatic heterocycles. The minimum absolute atomic E-state index is 0.155. The Morgan fingerprint density at radius 2 is 1.77 bits per heavy atom. The number of ether oxygens (including phenoxy) is 3. The van der Waals surface area contributed by atoms with Crippen LogP contribution in [0.2, 0.25) is 5.02 Å². The van der Waals surface area contributed by atoms with Crippen molar-refractivity contribution in [2.75, 3.05) is 28.4 Å². The van der Waals surface area contributed by atoms with E-state index >= 15 is 0 Å². The van der Waals surface area contributed by atoms with E-state index in [9.17, 15) is 4.79 Å². The third-order valence-corrected chi connectivity index (χ3v) is 5.08. The molecule has 0 saturated heterocycles. The number of rotatable bonds is 8. The van der Waals surface area contributed by atoms with E-state index < -0.39 is 0 Å². The maximum absolute atomic E-state index is 12.9. The molecular weight excluding hydrogens is 406 g/mol. The number of nitrogens with zero attached hydrogens (tertiary/aromatic N) is 3. The van der Waals surface area contributed by atoms with Gasteiger partial charge in [-0.05, 0) is 23.8 Å². The lowest BCUT2D eigenvalue weighted by atomic mass is 10.1. The zero-order valence-electron chi connectivity index (χ0n) is 17.4. The molecule has 0 saturated carbocycles. The normalized spacial score (nSPS) is 10.6. The Labute approximate surface area is 180 Å². The molecule has 2 aromatic carbocycles. The van der Waals surface area contributed by atoms with Gasteiger partial charge < -0.3 is 19.1 Å². The predicted octanol–water partition coefficient (Wildman–Crippen LogP) is 3.88. The SMILES string of the molecule is COc1ccc(CN(C)C(=O)c2cnn(Cc3ccccc3Cl)c2)c(OC)c1OC. The molecule has 1 amide bonds. The van der Waals surface area contributed by atoms with Gasteiger partial charge in [0.25, 0.3) is 5.91 Å². The fourth-order valence-corrected chi connectivity index (χ4v) is 3.39. The van der Waals surface area contributed by atoms with E-state index in [1.54, 1.807) is 56.4 Å². The van der Waals surface area contributed by atoms with Crippen molar-refractivity contribution in [1.29, 1.82) is 0 Å². The molecule has 3 aromatic rings. The lowest BCUT2D eigenvalue weighted by Gasteiger charge is -2.20. The average molecular weight is 430 g/mol. The first kappa shape index (κ1) is 21.5. The number of hydrogen-bond acceptors (Lipinski definition) is 5. The fraction of sp³-hybridized carbons (Fsp3) is 0.273. The molecule has 0 spiro atoms. The molecule has 0 N–H and O–H groups in total. The average Bonchev–Trinajstić information content (AvgIpc) is 3.22. The van der Waals surface area contributed by atoms with E-state index in [2.05, 4.69) is 5.10 Å². The molecule has 30 heavy (non-hydrogen) atoms. The van der Waals surface area contributed by atoms with Gasteiger partial charge in [-0.3, -0.25) is 9.48 Å². The molecule has 8 heteroatoms. The predicted molar refractivity (Wildman–Crippen MR) is 115 cm³/mol. The highest BCUT2D eigenvalue weighted by molar-refractivity contribution is 6.31. The van der Waals surface area contributed by atoms with Crippen molar-refractivity contribution in [2.45, 2.75) is 13.1 Å². The van der Waals surface area contributed by atoms with Crippen LogP contribution in [0.1, 0.15) is 21.5 Å². The Balaban J connectivity index is 1.76. The molecule has 1 heterocycles. The number of benzene rings is 2. The number of carbonyl (C=O) groups excluding carboxylic acids is 1. The van der Waals surface area contributed by atoms with Crippen molar-refractivity contribution < 1.29 is 19.0 Å².